The van der Waals surface area contributed by atoms with E-state index in [9.17, 15) is 27.1 Å². The SMILES string of the molecule is Cc1cc(F)cc(Oc2ccc(SC(C)(F)F)c3c2CC(F)(F)[C@H]3O)c1. The number of thioether (sulfide) groups is 1. The van der Waals surface area contributed by atoms with Gasteiger partial charge >= 0.3 is 0 Å². The first-order chi connectivity index (χ1) is 12.0. The highest BCUT2D eigenvalue weighted by Crippen LogP contribution is 2.52. The van der Waals surface area contributed by atoms with Crippen molar-refractivity contribution in [2.24, 2.45) is 0 Å². The fraction of sp³-hybridized carbons (Fsp3) is 0.333. The lowest BCUT2D eigenvalue weighted by atomic mass is 10.1. The summed E-state index contributed by atoms with van der Waals surface area (Å²) in [5, 5.41) is 6.74. The molecule has 1 N–H and O–H groups in total. The summed E-state index contributed by atoms with van der Waals surface area (Å²) in [4.78, 5) is -0.139. The van der Waals surface area contributed by atoms with Crippen molar-refractivity contribution in [3.63, 3.8) is 0 Å². The van der Waals surface area contributed by atoms with E-state index >= 15 is 0 Å². The van der Waals surface area contributed by atoms with Crippen LogP contribution in [0.15, 0.2) is 35.2 Å². The van der Waals surface area contributed by atoms with E-state index in [4.69, 9.17) is 4.74 Å². The molecule has 0 fully saturated rings. The molecule has 0 heterocycles. The van der Waals surface area contributed by atoms with Gasteiger partial charge in [0.1, 0.15) is 23.4 Å². The average molecular weight is 390 g/mol. The Labute approximate surface area is 151 Å². The summed E-state index contributed by atoms with van der Waals surface area (Å²) in [5.41, 5.74) is 0.241. The Morgan fingerprint density at radius 2 is 1.92 bits per heavy atom. The molecule has 0 bridgehead atoms. The van der Waals surface area contributed by atoms with Crippen LogP contribution in [0.1, 0.15) is 29.7 Å². The summed E-state index contributed by atoms with van der Waals surface area (Å²) in [7, 11) is 0. The Kier molecular flexibility index (Phi) is 4.69. The van der Waals surface area contributed by atoms with E-state index in [1.807, 2.05) is 0 Å². The minimum atomic E-state index is -3.50. The van der Waals surface area contributed by atoms with Gasteiger partial charge in [-0.2, -0.15) is 8.78 Å². The average Bonchev–Trinajstić information content (AvgIpc) is 2.70. The molecule has 0 aromatic heterocycles. The van der Waals surface area contributed by atoms with Gasteiger partial charge in [0, 0.05) is 35.4 Å². The summed E-state index contributed by atoms with van der Waals surface area (Å²) in [6.45, 7) is 2.28. The molecule has 0 unspecified atom stereocenters. The van der Waals surface area contributed by atoms with Crippen molar-refractivity contribution in [3.05, 3.63) is 52.8 Å². The van der Waals surface area contributed by atoms with E-state index in [1.54, 1.807) is 6.92 Å². The molecule has 2 aromatic carbocycles. The number of aliphatic hydroxyl groups excluding tert-OH is 1. The Balaban J connectivity index is 2.06. The van der Waals surface area contributed by atoms with Crippen LogP contribution in [0.2, 0.25) is 0 Å². The number of ether oxygens (including phenoxy) is 1. The molecule has 0 aliphatic heterocycles. The number of halogens is 5. The summed E-state index contributed by atoms with van der Waals surface area (Å²) >= 11 is 0.0883. The lowest BCUT2D eigenvalue weighted by molar-refractivity contribution is -0.0976. The summed E-state index contributed by atoms with van der Waals surface area (Å²) in [5.74, 6) is -3.99. The van der Waals surface area contributed by atoms with Crippen LogP contribution in [0.4, 0.5) is 22.0 Å². The van der Waals surface area contributed by atoms with Crippen LogP contribution >= 0.6 is 11.8 Å². The molecule has 2 aromatic rings. The third kappa shape index (κ3) is 3.81. The highest BCUT2D eigenvalue weighted by molar-refractivity contribution is 8.00. The number of fused-ring (bicyclic) bond motifs is 1. The van der Waals surface area contributed by atoms with Gasteiger partial charge in [-0.3, -0.25) is 0 Å². The molecule has 26 heavy (non-hydrogen) atoms. The molecule has 1 atom stereocenters. The first kappa shape index (κ1) is 19.0. The largest absolute Gasteiger partial charge is 0.457 e. The van der Waals surface area contributed by atoms with E-state index in [1.165, 1.54) is 24.3 Å². The third-order valence-corrected chi connectivity index (χ3v) is 4.83. The Morgan fingerprint density at radius 1 is 1.23 bits per heavy atom. The van der Waals surface area contributed by atoms with Gasteiger partial charge in [-0.25, -0.2) is 13.2 Å². The number of aliphatic hydroxyl groups is 1. The Hall–Kier alpha value is -1.80. The van der Waals surface area contributed by atoms with Crippen molar-refractivity contribution in [1.29, 1.82) is 0 Å². The van der Waals surface area contributed by atoms with E-state index in [-0.39, 0.29) is 39.3 Å². The number of alkyl halides is 4. The Morgan fingerprint density at radius 3 is 2.54 bits per heavy atom. The van der Waals surface area contributed by atoms with E-state index in [2.05, 4.69) is 0 Å². The van der Waals surface area contributed by atoms with Crippen molar-refractivity contribution in [1.82, 2.24) is 0 Å². The van der Waals surface area contributed by atoms with Crippen LogP contribution in [-0.2, 0) is 6.42 Å². The van der Waals surface area contributed by atoms with Crippen LogP contribution in [0, 0.1) is 12.7 Å². The van der Waals surface area contributed by atoms with Crippen LogP contribution < -0.4 is 4.74 Å². The number of hydrogen-bond donors (Lipinski definition) is 1. The molecule has 0 amide bonds. The van der Waals surface area contributed by atoms with Gasteiger partial charge < -0.3 is 9.84 Å². The van der Waals surface area contributed by atoms with E-state index < -0.39 is 29.5 Å². The van der Waals surface area contributed by atoms with Gasteiger partial charge in [0.15, 0.2) is 0 Å². The molecule has 0 saturated carbocycles. The predicted octanol–water partition coefficient (Wildman–Crippen LogP) is 5.86. The van der Waals surface area contributed by atoms with Gasteiger partial charge in [-0.15, -0.1) is 0 Å². The fourth-order valence-corrected chi connectivity index (χ4v) is 3.78. The highest BCUT2D eigenvalue weighted by atomic mass is 32.2. The topological polar surface area (TPSA) is 29.5 Å². The van der Waals surface area contributed by atoms with Gasteiger partial charge in [0.25, 0.3) is 11.2 Å². The molecule has 1 aliphatic carbocycles. The molecule has 2 nitrogen and oxygen atoms in total. The maximum Gasteiger partial charge on any atom is 0.295 e. The summed E-state index contributed by atoms with van der Waals surface area (Å²) in [6.07, 6.45) is -3.06. The van der Waals surface area contributed by atoms with E-state index in [0.29, 0.717) is 12.5 Å². The minimum Gasteiger partial charge on any atom is -0.457 e. The molecule has 140 valence electrons. The van der Waals surface area contributed by atoms with Gasteiger partial charge in [-0.1, -0.05) is 11.8 Å². The van der Waals surface area contributed by atoms with Crippen LogP contribution in [0.25, 0.3) is 0 Å². The van der Waals surface area contributed by atoms with Crippen molar-refractivity contribution in [2.75, 3.05) is 0 Å². The second kappa shape index (κ2) is 6.42. The normalized spacial score (nSPS) is 18.7. The molecule has 1 aliphatic rings. The van der Waals surface area contributed by atoms with Crippen molar-refractivity contribution >= 4 is 11.8 Å². The quantitative estimate of drug-likeness (QED) is 0.524. The number of rotatable bonds is 4. The molecular weight excluding hydrogens is 375 g/mol. The van der Waals surface area contributed by atoms with E-state index in [0.717, 1.165) is 6.07 Å². The van der Waals surface area contributed by atoms with Gasteiger partial charge in [0.2, 0.25) is 0 Å². The van der Waals surface area contributed by atoms with Crippen molar-refractivity contribution in [3.8, 4) is 11.5 Å². The second-order valence-corrected chi connectivity index (χ2v) is 7.63. The summed E-state index contributed by atoms with van der Waals surface area (Å²) in [6, 6.07) is 6.36. The standard InChI is InChI=1S/C18H15F5O2S/c1-9-5-10(19)7-11(6-9)25-13-3-4-14(26-17(2,20)21)15-12(13)8-18(22,23)16(15)24/h3-7,16,24H,8H2,1-2H3/t16-/m0/s1. The molecular formula is C18H15F5O2S. The number of hydrogen-bond acceptors (Lipinski definition) is 3. The lowest BCUT2D eigenvalue weighted by Gasteiger charge is -2.18. The van der Waals surface area contributed by atoms with Crippen LogP contribution in [0.3, 0.4) is 0 Å². The molecule has 0 saturated heterocycles. The van der Waals surface area contributed by atoms with Crippen molar-refractivity contribution in [2.45, 2.75) is 42.4 Å². The van der Waals surface area contributed by atoms with Crippen LogP contribution in [-0.4, -0.2) is 16.3 Å². The first-order valence-corrected chi connectivity index (χ1v) is 8.51. The van der Waals surface area contributed by atoms with Crippen molar-refractivity contribution < 1.29 is 31.8 Å². The second-order valence-electron chi connectivity index (χ2n) is 6.27. The maximum absolute atomic E-state index is 14.0. The fourth-order valence-electron chi connectivity index (χ4n) is 2.92. The molecule has 0 spiro atoms. The Bertz CT molecular complexity index is 828. The number of benzene rings is 2. The third-order valence-electron chi connectivity index (χ3n) is 3.89. The molecule has 8 heteroatoms. The van der Waals surface area contributed by atoms with Crippen LogP contribution in [0.5, 0.6) is 11.5 Å². The first-order valence-electron chi connectivity index (χ1n) is 7.70. The smallest absolute Gasteiger partial charge is 0.295 e. The van der Waals surface area contributed by atoms with Gasteiger partial charge in [-0.05, 0) is 36.8 Å². The maximum atomic E-state index is 14.0. The molecule has 0 radical (unpaired) electrons. The zero-order valence-electron chi connectivity index (χ0n) is 13.8. The minimum absolute atomic E-state index is 0.0232. The predicted molar refractivity (Wildman–Crippen MR) is 87.7 cm³/mol. The summed E-state index contributed by atoms with van der Waals surface area (Å²) < 4.78 is 73.8. The zero-order chi connectivity index (χ0) is 19.3. The number of aryl methyl sites for hydroxylation is 1. The molecule has 3 rings (SSSR count). The monoisotopic (exact) mass is 390 g/mol. The zero-order valence-corrected chi connectivity index (χ0v) is 14.6. The lowest BCUT2D eigenvalue weighted by Crippen LogP contribution is -2.21. The highest BCUT2D eigenvalue weighted by Gasteiger charge is 2.50. The van der Waals surface area contributed by atoms with Gasteiger partial charge in [0.05, 0.1) is 0 Å².